The minimum atomic E-state index is -0.942. The summed E-state index contributed by atoms with van der Waals surface area (Å²) in [5.74, 6) is -1.67. The van der Waals surface area contributed by atoms with Crippen LogP contribution in [-0.4, -0.2) is 54.3 Å². The van der Waals surface area contributed by atoms with Crippen molar-refractivity contribution in [1.82, 2.24) is 4.90 Å². The summed E-state index contributed by atoms with van der Waals surface area (Å²) in [7, 11) is 1.16. The summed E-state index contributed by atoms with van der Waals surface area (Å²) < 4.78 is 17.1. The van der Waals surface area contributed by atoms with E-state index in [1.165, 1.54) is 5.57 Å². The second-order valence-corrected chi connectivity index (χ2v) is 10.2. The molecule has 0 unspecified atom stereocenters. The van der Waals surface area contributed by atoms with Crippen LogP contribution in [-0.2, 0) is 19.1 Å². The summed E-state index contributed by atoms with van der Waals surface area (Å²) in [6.07, 6.45) is 3.59. The fourth-order valence-corrected chi connectivity index (χ4v) is 6.08. The van der Waals surface area contributed by atoms with Gasteiger partial charge >= 0.3 is 6.09 Å². The summed E-state index contributed by atoms with van der Waals surface area (Å²) >= 11 is 0. The number of nitrogens with zero attached hydrogens (tertiary/aromatic N) is 1. The van der Waals surface area contributed by atoms with Gasteiger partial charge in [0, 0.05) is 5.92 Å². The average Bonchev–Trinajstić information content (AvgIpc) is 3.48. The van der Waals surface area contributed by atoms with Crippen LogP contribution in [0.2, 0.25) is 0 Å². The van der Waals surface area contributed by atoms with Crippen molar-refractivity contribution in [2.75, 3.05) is 20.3 Å². The quantitative estimate of drug-likeness (QED) is 0.372. The number of hydrogen-bond acceptors (Lipinski definition) is 7. The van der Waals surface area contributed by atoms with Crippen LogP contribution in [0.3, 0.4) is 0 Å². The third-order valence-electron chi connectivity index (χ3n) is 7.94. The lowest BCUT2D eigenvalue weighted by Gasteiger charge is -2.31. The highest BCUT2D eigenvalue weighted by Gasteiger charge is 2.59. The van der Waals surface area contributed by atoms with Gasteiger partial charge in [0.1, 0.15) is 18.1 Å². The van der Waals surface area contributed by atoms with Crippen molar-refractivity contribution < 1.29 is 33.7 Å². The zero-order valence-corrected chi connectivity index (χ0v) is 22.2. The van der Waals surface area contributed by atoms with Gasteiger partial charge < -0.3 is 19.3 Å². The van der Waals surface area contributed by atoms with Gasteiger partial charge in [-0.05, 0) is 66.7 Å². The van der Waals surface area contributed by atoms with Crippen LogP contribution >= 0.6 is 0 Å². The van der Waals surface area contributed by atoms with Crippen molar-refractivity contribution in [1.29, 1.82) is 0 Å². The summed E-state index contributed by atoms with van der Waals surface area (Å²) in [6, 6.07) is 16.6. The van der Waals surface area contributed by atoms with E-state index in [9.17, 15) is 19.5 Å². The first-order valence-corrected chi connectivity index (χ1v) is 13.4. The number of phenols is 1. The number of ether oxygens (including phenoxy) is 3. The van der Waals surface area contributed by atoms with Gasteiger partial charge in [0.15, 0.2) is 0 Å². The largest absolute Gasteiger partial charge is 0.508 e. The second-order valence-electron chi connectivity index (χ2n) is 10.2. The Bertz CT molecular complexity index is 1320. The molecule has 39 heavy (non-hydrogen) atoms. The Labute approximate surface area is 227 Å². The highest BCUT2D eigenvalue weighted by molar-refractivity contribution is 6.16. The highest BCUT2D eigenvalue weighted by Crippen LogP contribution is 2.50. The molecule has 0 bridgehead atoms. The van der Waals surface area contributed by atoms with E-state index in [1.807, 2.05) is 42.5 Å². The van der Waals surface area contributed by atoms with Gasteiger partial charge in [0.05, 0.1) is 31.7 Å². The third-order valence-corrected chi connectivity index (χ3v) is 7.94. The van der Waals surface area contributed by atoms with Crippen molar-refractivity contribution >= 4 is 24.0 Å². The standard InChI is InChI=1S/C31H33NO7/c1-3-19(14-20-8-7-9-22(33)15-20)12-13-26-27-21(17-38-23-10-5-4-6-11-23)16-24-28(25(27)18-39-26)30(35)32(29(24)34)31(36)37-2/h4-11,14-15,24-26,28,33H,3,12-13,16-18H2,1-2H3/b19-14+/t24-,25+,26-,28-/m1/s1. The maximum absolute atomic E-state index is 13.3. The molecule has 2 aromatic carbocycles. The number of rotatable bonds is 8. The number of fused-ring (bicyclic) bond motifs is 3. The van der Waals surface area contributed by atoms with Crippen LogP contribution in [0.4, 0.5) is 4.79 Å². The first kappa shape index (κ1) is 26.7. The topological polar surface area (TPSA) is 102 Å². The molecule has 3 aliphatic rings. The number of amides is 3. The molecule has 2 saturated heterocycles. The monoisotopic (exact) mass is 531 g/mol. The molecular weight excluding hydrogens is 498 g/mol. The lowest BCUT2D eigenvalue weighted by Crippen LogP contribution is -2.38. The maximum atomic E-state index is 13.3. The summed E-state index contributed by atoms with van der Waals surface area (Å²) in [5, 5.41) is 9.83. The summed E-state index contributed by atoms with van der Waals surface area (Å²) in [5.41, 5.74) is 4.13. The second kappa shape index (κ2) is 11.5. The van der Waals surface area contributed by atoms with E-state index < -0.39 is 29.7 Å². The number of carbonyl (C=O) groups is 3. The molecule has 204 valence electrons. The molecule has 3 amide bonds. The van der Waals surface area contributed by atoms with Gasteiger partial charge in [-0.2, -0.15) is 4.90 Å². The molecule has 8 nitrogen and oxygen atoms in total. The number of imide groups is 3. The van der Waals surface area contributed by atoms with Crippen LogP contribution in [0, 0.1) is 17.8 Å². The number of aromatic hydroxyl groups is 1. The molecule has 5 rings (SSSR count). The summed E-state index contributed by atoms with van der Waals surface area (Å²) in [6.45, 7) is 2.68. The van der Waals surface area contributed by atoms with E-state index in [-0.39, 0.29) is 24.4 Å². The van der Waals surface area contributed by atoms with Gasteiger partial charge in [-0.15, -0.1) is 0 Å². The van der Waals surface area contributed by atoms with Crippen LogP contribution in [0.5, 0.6) is 11.5 Å². The molecule has 2 aliphatic heterocycles. The molecule has 0 radical (unpaired) electrons. The highest BCUT2D eigenvalue weighted by atomic mass is 16.5. The molecule has 2 heterocycles. The third kappa shape index (κ3) is 5.34. The number of para-hydroxylation sites is 1. The van der Waals surface area contributed by atoms with Gasteiger partial charge in [0.2, 0.25) is 11.8 Å². The number of carbonyl (C=O) groups excluding carboxylic acids is 3. The molecule has 2 aromatic rings. The lowest BCUT2D eigenvalue weighted by molar-refractivity contribution is -0.137. The number of hydrogen-bond donors (Lipinski definition) is 1. The Balaban J connectivity index is 1.41. The predicted molar refractivity (Wildman–Crippen MR) is 144 cm³/mol. The number of phenolic OH excluding ortho intramolecular Hbond substituents is 1. The number of benzene rings is 2. The molecule has 0 spiro atoms. The van der Waals surface area contributed by atoms with Crippen LogP contribution in [0.15, 0.2) is 71.3 Å². The van der Waals surface area contributed by atoms with Crippen LogP contribution < -0.4 is 4.74 Å². The number of allylic oxidation sites excluding steroid dienone is 1. The van der Waals surface area contributed by atoms with E-state index in [4.69, 9.17) is 14.2 Å². The van der Waals surface area contributed by atoms with Crippen molar-refractivity contribution in [3.63, 3.8) is 0 Å². The Morgan fingerprint density at radius 3 is 2.62 bits per heavy atom. The SMILES string of the molecule is CC/C(=C\c1cccc(O)c1)CC[C@H]1OC[C@H]2C1=C(COc1ccccc1)C[C@H]1C(=O)N(C(=O)OC)C(=O)[C@H]12. The first-order chi connectivity index (χ1) is 18.9. The van der Waals surface area contributed by atoms with Gasteiger partial charge in [-0.3, -0.25) is 9.59 Å². The maximum Gasteiger partial charge on any atom is 0.423 e. The van der Waals surface area contributed by atoms with E-state index in [1.54, 1.807) is 12.1 Å². The van der Waals surface area contributed by atoms with E-state index in [0.717, 1.165) is 36.7 Å². The summed E-state index contributed by atoms with van der Waals surface area (Å²) in [4.78, 5) is 39.4. The minimum absolute atomic E-state index is 0.223. The zero-order valence-electron chi connectivity index (χ0n) is 22.2. The zero-order chi connectivity index (χ0) is 27.5. The van der Waals surface area contributed by atoms with E-state index in [2.05, 4.69) is 13.0 Å². The predicted octanol–water partition coefficient (Wildman–Crippen LogP) is 5.13. The smallest absolute Gasteiger partial charge is 0.423 e. The Kier molecular flexibility index (Phi) is 7.84. The van der Waals surface area contributed by atoms with Crippen LogP contribution in [0.25, 0.3) is 6.08 Å². The molecule has 4 atom stereocenters. The van der Waals surface area contributed by atoms with Gasteiger partial charge in [0.25, 0.3) is 0 Å². The van der Waals surface area contributed by atoms with Gasteiger partial charge in [-0.25, -0.2) is 4.79 Å². The minimum Gasteiger partial charge on any atom is -0.508 e. The Morgan fingerprint density at radius 2 is 1.90 bits per heavy atom. The van der Waals surface area contributed by atoms with Crippen molar-refractivity contribution in [3.8, 4) is 11.5 Å². The molecule has 2 fully saturated rings. The Morgan fingerprint density at radius 1 is 1.10 bits per heavy atom. The number of likely N-dealkylation sites (tertiary alicyclic amines) is 1. The molecule has 1 aliphatic carbocycles. The average molecular weight is 532 g/mol. The van der Waals surface area contributed by atoms with Crippen molar-refractivity contribution in [3.05, 3.63) is 76.9 Å². The van der Waals surface area contributed by atoms with Crippen molar-refractivity contribution in [2.45, 2.75) is 38.7 Å². The lowest BCUT2D eigenvalue weighted by atomic mass is 9.69. The van der Waals surface area contributed by atoms with Gasteiger partial charge in [-0.1, -0.05) is 48.9 Å². The fraction of sp³-hybridized carbons (Fsp3) is 0.387. The van der Waals surface area contributed by atoms with E-state index >= 15 is 0 Å². The molecular formula is C31H33NO7. The fourth-order valence-electron chi connectivity index (χ4n) is 6.08. The molecule has 0 saturated carbocycles. The Hall–Kier alpha value is -3.91. The molecule has 1 N–H and O–H groups in total. The van der Waals surface area contributed by atoms with E-state index in [0.29, 0.717) is 30.1 Å². The molecule has 8 heteroatoms. The van der Waals surface area contributed by atoms with Crippen molar-refractivity contribution in [2.24, 2.45) is 17.8 Å². The first-order valence-electron chi connectivity index (χ1n) is 13.4. The van der Waals surface area contributed by atoms with Crippen LogP contribution in [0.1, 0.15) is 38.2 Å². The normalized spacial score (nSPS) is 24.6. The number of methoxy groups -OCH3 is 1. The molecule has 0 aromatic heterocycles.